The van der Waals surface area contributed by atoms with Crippen LogP contribution in [0.2, 0.25) is 0 Å². The molecular formula is C16H20N2OS. The molecule has 3 nitrogen and oxygen atoms in total. The molecule has 0 saturated heterocycles. The Bertz CT molecular complexity index is 577. The molecule has 0 unspecified atom stereocenters. The van der Waals surface area contributed by atoms with Crippen LogP contribution >= 0.6 is 11.3 Å². The molecule has 0 spiro atoms. The summed E-state index contributed by atoms with van der Waals surface area (Å²) in [7, 11) is 0. The summed E-state index contributed by atoms with van der Waals surface area (Å²) in [4.78, 5) is 18.1. The molecule has 20 heavy (non-hydrogen) atoms. The summed E-state index contributed by atoms with van der Waals surface area (Å²) < 4.78 is 0. The Morgan fingerprint density at radius 3 is 2.55 bits per heavy atom. The van der Waals surface area contributed by atoms with Gasteiger partial charge in [0, 0.05) is 4.88 Å². The number of carbonyl (C=O) groups is 1. The van der Waals surface area contributed by atoms with Crippen LogP contribution in [0.25, 0.3) is 0 Å². The number of aryl methyl sites for hydroxylation is 2. The highest BCUT2D eigenvalue weighted by Crippen LogP contribution is 2.25. The zero-order valence-corrected chi connectivity index (χ0v) is 13.0. The third-order valence-corrected chi connectivity index (χ3v) is 4.31. The maximum Gasteiger partial charge on any atom is 0.233 e. The van der Waals surface area contributed by atoms with Gasteiger partial charge in [0.1, 0.15) is 0 Å². The van der Waals surface area contributed by atoms with Crippen molar-refractivity contribution < 1.29 is 4.79 Å². The van der Waals surface area contributed by atoms with Crippen LogP contribution in [-0.4, -0.2) is 10.9 Å². The minimum absolute atomic E-state index is 0.0232. The number of hydrogen-bond donors (Lipinski definition) is 1. The first-order valence-corrected chi connectivity index (χ1v) is 7.79. The molecule has 0 aliphatic rings. The van der Waals surface area contributed by atoms with E-state index in [1.54, 1.807) is 11.3 Å². The van der Waals surface area contributed by atoms with Crippen molar-refractivity contribution in [1.82, 2.24) is 4.98 Å². The average molecular weight is 288 g/mol. The molecule has 1 heterocycles. The molecule has 1 amide bonds. The van der Waals surface area contributed by atoms with E-state index in [-0.39, 0.29) is 11.8 Å². The summed E-state index contributed by atoms with van der Waals surface area (Å²) >= 11 is 1.55. The first-order valence-electron chi connectivity index (χ1n) is 6.97. The smallest absolute Gasteiger partial charge is 0.233 e. The van der Waals surface area contributed by atoms with Crippen LogP contribution in [0, 0.1) is 6.92 Å². The fourth-order valence-electron chi connectivity index (χ4n) is 2.26. The monoisotopic (exact) mass is 288 g/mol. The van der Waals surface area contributed by atoms with E-state index in [4.69, 9.17) is 0 Å². The van der Waals surface area contributed by atoms with Crippen LogP contribution in [0.3, 0.4) is 0 Å². The number of hydrogen-bond acceptors (Lipinski definition) is 3. The van der Waals surface area contributed by atoms with Gasteiger partial charge in [0.15, 0.2) is 5.13 Å². The van der Waals surface area contributed by atoms with Gasteiger partial charge in [-0.2, -0.15) is 0 Å². The van der Waals surface area contributed by atoms with E-state index in [0.717, 1.165) is 24.1 Å². The lowest BCUT2D eigenvalue weighted by Crippen LogP contribution is -2.20. The van der Waals surface area contributed by atoms with Crippen molar-refractivity contribution >= 4 is 22.4 Å². The van der Waals surface area contributed by atoms with E-state index >= 15 is 0 Å². The quantitative estimate of drug-likeness (QED) is 0.898. The molecule has 1 aromatic carbocycles. The first-order chi connectivity index (χ1) is 9.65. The van der Waals surface area contributed by atoms with Crippen LogP contribution < -0.4 is 5.32 Å². The fraction of sp³-hybridized carbons (Fsp3) is 0.375. The lowest BCUT2D eigenvalue weighted by atomic mass is 9.96. The second kappa shape index (κ2) is 6.66. The van der Waals surface area contributed by atoms with Crippen LogP contribution in [0.4, 0.5) is 5.13 Å². The first kappa shape index (κ1) is 14.7. The number of benzene rings is 1. The standard InChI is InChI=1S/C16H20N2OS/c1-4-13(12-9-7-6-8-10-12)15(19)18-16-17-14(5-2)11(3)20-16/h6-10,13H,4-5H2,1-3H3,(H,17,18,19)/t13-/m0/s1. The van der Waals surface area contributed by atoms with E-state index in [9.17, 15) is 4.79 Å². The molecule has 2 aromatic rings. The van der Waals surface area contributed by atoms with Crippen molar-refractivity contribution in [3.63, 3.8) is 0 Å². The van der Waals surface area contributed by atoms with Crippen LogP contribution in [0.15, 0.2) is 30.3 Å². The van der Waals surface area contributed by atoms with Crippen molar-refractivity contribution in [2.45, 2.75) is 39.5 Å². The van der Waals surface area contributed by atoms with Gasteiger partial charge in [0.2, 0.25) is 5.91 Å². The topological polar surface area (TPSA) is 42.0 Å². The summed E-state index contributed by atoms with van der Waals surface area (Å²) in [6.45, 7) is 6.15. The summed E-state index contributed by atoms with van der Waals surface area (Å²) in [6, 6.07) is 9.89. The normalized spacial score (nSPS) is 12.2. The minimum Gasteiger partial charge on any atom is -0.301 e. The van der Waals surface area contributed by atoms with Gasteiger partial charge in [-0.25, -0.2) is 4.98 Å². The SMILES string of the molecule is CCc1nc(NC(=O)[C@@H](CC)c2ccccc2)sc1C. The van der Waals surface area contributed by atoms with Crippen LogP contribution in [0.1, 0.15) is 42.3 Å². The molecule has 106 valence electrons. The number of rotatable bonds is 5. The molecule has 0 fully saturated rings. The Morgan fingerprint density at radius 1 is 1.30 bits per heavy atom. The highest BCUT2D eigenvalue weighted by molar-refractivity contribution is 7.15. The molecule has 1 aromatic heterocycles. The van der Waals surface area contributed by atoms with E-state index < -0.39 is 0 Å². The zero-order valence-electron chi connectivity index (χ0n) is 12.1. The van der Waals surface area contributed by atoms with Crippen molar-refractivity contribution in [2.75, 3.05) is 5.32 Å². The molecule has 1 N–H and O–H groups in total. The number of thiazole rings is 1. The lowest BCUT2D eigenvalue weighted by Gasteiger charge is -2.14. The van der Waals surface area contributed by atoms with E-state index in [2.05, 4.69) is 17.2 Å². The number of nitrogens with one attached hydrogen (secondary N) is 1. The average Bonchev–Trinajstić information content (AvgIpc) is 2.80. The predicted octanol–water partition coefficient (Wildman–Crippen LogP) is 4.15. The van der Waals surface area contributed by atoms with Gasteiger partial charge in [0.25, 0.3) is 0 Å². The number of anilines is 1. The zero-order chi connectivity index (χ0) is 14.5. The van der Waals surface area contributed by atoms with E-state index in [1.165, 1.54) is 4.88 Å². The Kier molecular flexibility index (Phi) is 4.90. The molecule has 4 heteroatoms. The van der Waals surface area contributed by atoms with Crippen molar-refractivity contribution in [3.8, 4) is 0 Å². The molecule has 0 aliphatic carbocycles. The highest BCUT2D eigenvalue weighted by Gasteiger charge is 2.19. The molecular weight excluding hydrogens is 268 g/mol. The summed E-state index contributed by atoms with van der Waals surface area (Å²) in [5.41, 5.74) is 2.12. The second-order valence-electron chi connectivity index (χ2n) is 4.74. The van der Waals surface area contributed by atoms with E-state index in [1.807, 2.05) is 44.2 Å². The largest absolute Gasteiger partial charge is 0.301 e. The minimum atomic E-state index is -0.120. The Labute approximate surface area is 124 Å². The Hall–Kier alpha value is -1.68. The van der Waals surface area contributed by atoms with Gasteiger partial charge in [-0.3, -0.25) is 4.79 Å². The maximum absolute atomic E-state index is 12.4. The van der Waals surface area contributed by atoms with Crippen LogP contribution in [0.5, 0.6) is 0 Å². The number of amides is 1. The predicted molar refractivity (Wildman–Crippen MR) is 84.3 cm³/mol. The van der Waals surface area contributed by atoms with Gasteiger partial charge in [-0.05, 0) is 25.3 Å². The van der Waals surface area contributed by atoms with Crippen molar-refractivity contribution in [1.29, 1.82) is 0 Å². The van der Waals surface area contributed by atoms with Gasteiger partial charge < -0.3 is 5.32 Å². The van der Waals surface area contributed by atoms with Gasteiger partial charge >= 0.3 is 0 Å². The third-order valence-electron chi connectivity index (χ3n) is 3.38. The molecule has 2 rings (SSSR count). The number of carbonyl (C=O) groups excluding carboxylic acids is 1. The number of aromatic nitrogens is 1. The van der Waals surface area contributed by atoms with E-state index in [0.29, 0.717) is 5.13 Å². The Balaban J connectivity index is 2.13. The molecule has 0 aliphatic heterocycles. The lowest BCUT2D eigenvalue weighted by molar-refractivity contribution is -0.117. The number of nitrogens with zero attached hydrogens (tertiary/aromatic N) is 1. The molecule has 0 saturated carbocycles. The summed E-state index contributed by atoms with van der Waals surface area (Å²) in [6.07, 6.45) is 1.68. The molecule has 0 radical (unpaired) electrons. The van der Waals surface area contributed by atoms with Gasteiger partial charge in [-0.1, -0.05) is 44.2 Å². The maximum atomic E-state index is 12.4. The summed E-state index contributed by atoms with van der Waals surface area (Å²) in [5, 5.41) is 3.66. The highest BCUT2D eigenvalue weighted by atomic mass is 32.1. The molecule has 1 atom stereocenters. The van der Waals surface area contributed by atoms with Gasteiger partial charge in [0.05, 0.1) is 11.6 Å². The summed E-state index contributed by atoms with van der Waals surface area (Å²) in [5.74, 6) is -0.0967. The third kappa shape index (κ3) is 3.25. The second-order valence-corrected chi connectivity index (χ2v) is 5.94. The van der Waals surface area contributed by atoms with Crippen molar-refractivity contribution in [3.05, 3.63) is 46.5 Å². The fourth-order valence-corrected chi connectivity index (χ4v) is 3.17. The van der Waals surface area contributed by atoms with Gasteiger partial charge in [-0.15, -0.1) is 11.3 Å². The van der Waals surface area contributed by atoms with Crippen LogP contribution in [-0.2, 0) is 11.2 Å². The van der Waals surface area contributed by atoms with Crippen molar-refractivity contribution in [2.24, 2.45) is 0 Å². The Morgan fingerprint density at radius 2 is 2.00 bits per heavy atom. The molecule has 0 bridgehead atoms.